The number of hydrogen-bond acceptors (Lipinski definition) is 14. The van der Waals surface area contributed by atoms with Crippen LogP contribution in [0.5, 0.6) is 0 Å². The zero-order valence-corrected chi connectivity index (χ0v) is 30.7. The fourth-order valence-corrected chi connectivity index (χ4v) is 5.45. The average molecular weight is 766 g/mol. The summed E-state index contributed by atoms with van der Waals surface area (Å²) in [5.41, 5.74) is 18.1. The molecule has 0 saturated heterocycles. The van der Waals surface area contributed by atoms with E-state index in [0.717, 1.165) is 33.4 Å². The number of ether oxygens (including phenoxy) is 2. The number of aromatic nitrogens is 6. The first kappa shape index (κ1) is 37.4. The molecule has 0 atom stereocenters. The smallest absolute Gasteiger partial charge is 0.306 e. The number of carbonyl (C=O) groups is 2. The lowest BCUT2D eigenvalue weighted by atomic mass is 10.1. The molecule has 2 heterocycles. The molecule has 6 N–H and O–H groups in total. The van der Waals surface area contributed by atoms with Gasteiger partial charge in [0.15, 0.2) is 11.6 Å². The standard InChI is InChI=1S/C38H34Cl2N10O4/c1-21-3-9-25(39)17-29(21)33-45-35(41)49-37(47-33)43-27-11-5-23(6-12-27)19-53-31(51)15-16-32(52)54-20-24-7-13-28(14-8-24)44-38-48-34(46-36(42)50-38)30-18-26(40)10-4-22(30)2/h3-14,17-18H,15-16,19-20H2,1-2H3,(H3,41,43,45,47,49)(H3,42,44,46,48,50). The van der Waals surface area contributed by atoms with Crippen molar-refractivity contribution in [3.63, 3.8) is 0 Å². The van der Waals surface area contributed by atoms with Gasteiger partial charge in [0.2, 0.25) is 23.8 Å². The summed E-state index contributed by atoms with van der Waals surface area (Å²) in [5.74, 6) is 0.372. The van der Waals surface area contributed by atoms with Gasteiger partial charge in [-0.1, -0.05) is 59.6 Å². The summed E-state index contributed by atoms with van der Waals surface area (Å²) in [6, 6.07) is 25.2. The Bertz CT molecular complexity index is 2150. The number of halogens is 2. The number of aryl methyl sites for hydroxylation is 2. The molecule has 54 heavy (non-hydrogen) atoms. The number of nitrogens with two attached hydrogens (primary N) is 2. The van der Waals surface area contributed by atoms with E-state index >= 15 is 0 Å². The maximum absolute atomic E-state index is 12.4. The molecule has 14 nitrogen and oxygen atoms in total. The minimum Gasteiger partial charge on any atom is -0.461 e. The molecule has 4 aromatic carbocycles. The molecule has 16 heteroatoms. The Morgan fingerprint density at radius 1 is 0.574 bits per heavy atom. The molecule has 0 spiro atoms. The lowest BCUT2D eigenvalue weighted by molar-refractivity contribution is -0.151. The molecule has 0 aliphatic heterocycles. The number of nitrogens with one attached hydrogen (secondary N) is 2. The lowest BCUT2D eigenvalue weighted by Gasteiger charge is -2.10. The SMILES string of the molecule is Cc1ccc(Cl)cc1-c1nc(N)nc(Nc2ccc(COC(=O)CCC(=O)OCc3ccc(Nc4nc(N)nc(-c5cc(Cl)ccc5C)n4)cc3)cc2)n1. The van der Waals surface area contributed by atoms with Gasteiger partial charge in [-0.05, 0) is 84.6 Å². The first-order chi connectivity index (χ1) is 26.0. The number of carbonyl (C=O) groups excluding carboxylic acids is 2. The normalized spacial score (nSPS) is 10.8. The Morgan fingerprint density at radius 3 is 1.35 bits per heavy atom. The van der Waals surface area contributed by atoms with Crippen molar-refractivity contribution in [2.45, 2.75) is 39.9 Å². The summed E-state index contributed by atoms with van der Waals surface area (Å²) < 4.78 is 10.7. The summed E-state index contributed by atoms with van der Waals surface area (Å²) in [5, 5.41) is 7.33. The van der Waals surface area contributed by atoms with Crippen molar-refractivity contribution >= 4 is 70.3 Å². The minimum absolute atomic E-state index is 0.0319. The van der Waals surface area contributed by atoms with E-state index in [2.05, 4.69) is 40.5 Å². The summed E-state index contributed by atoms with van der Waals surface area (Å²) >= 11 is 12.3. The highest BCUT2D eigenvalue weighted by molar-refractivity contribution is 6.31. The van der Waals surface area contributed by atoms with E-state index in [9.17, 15) is 9.59 Å². The molecule has 0 unspecified atom stereocenters. The van der Waals surface area contributed by atoms with E-state index in [0.29, 0.717) is 33.1 Å². The number of rotatable bonds is 13. The van der Waals surface area contributed by atoms with Crippen LogP contribution in [-0.2, 0) is 32.3 Å². The van der Waals surface area contributed by atoms with Crippen LogP contribution in [-0.4, -0.2) is 41.8 Å². The second-order valence-corrected chi connectivity index (χ2v) is 12.9. The Hall–Kier alpha value is -6.38. The van der Waals surface area contributed by atoms with Crippen LogP contribution in [0.3, 0.4) is 0 Å². The molecular weight excluding hydrogens is 731 g/mol. The van der Waals surface area contributed by atoms with E-state index in [1.54, 1.807) is 72.8 Å². The third-order valence-electron chi connectivity index (χ3n) is 7.94. The van der Waals surface area contributed by atoms with E-state index < -0.39 is 11.9 Å². The van der Waals surface area contributed by atoms with Crippen LogP contribution in [0.25, 0.3) is 22.8 Å². The van der Waals surface area contributed by atoms with Crippen LogP contribution in [0.15, 0.2) is 84.9 Å². The van der Waals surface area contributed by atoms with Crippen LogP contribution in [0.1, 0.15) is 35.1 Å². The lowest BCUT2D eigenvalue weighted by Crippen LogP contribution is -2.10. The van der Waals surface area contributed by atoms with Crippen molar-refractivity contribution in [3.05, 3.63) is 117 Å². The van der Waals surface area contributed by atoms with E-state index in [-0.39, 0.29) is 49.8 Å². The molecule has 2 aromatic heterocycles. The van der Waals surface area contributed by atoms with Crippen LogP contribution >= 0.6 is 23.2 Å². The highest BCUT2D eigenvalue weighted by atomic mass is 35.5. The molecule has 0 bridgehead atoms. The van der Waals surface area contributed by atoms with Gasteiger partial charge < -0.3 is 31.6 Å². The molecular formula is C38H34Cl2N10O4. The molecule has 0 saturated carbocycles. The fourth-order valence-electron chi connectivity index (χ4n) is 5.11. The van der Waals surface area contributed by atoms with Crippen LogP contribution in [0, 0.1) is 13.8 Å². The zero-order valence-electron chi connectivity index (χ0n) is 29.1. The van der Waals surface area contributed by atoms with Crippen molar-refractivity contribution in [2.24, 2.45) is 0 Å². The number of nitrogens with zero attached hydrogens (tertiary/aromatic N) is 6. The molecule has 0 fully saturated rings. The Morgan fingerprint density at radius 2 is 0.963 bits per heavy atom. The zero-order chi connectivity index (χ0) is 38.2. The Kier molecular flexibility index (Phi) is 11.7. The third-order valence-corrected chi connectivity index (χ3v) is 8.41. The Labute approximate surface area is 320 Å². The van der Waals surface area contributed by atoms with Crippen LogP contribution in [0.2, 0.25) is 10.0 Å². The Balaban J connectivity index is 0.928. The fraction of sp³-hybridized carbons (Fsp3) is 0.158. The van der Waals surface area contributed by atoms with Crippen LogP contribution < -0.4 is 22.1 Å². The van der Waals surface area contributed by atoms with E-state index in [4.69, 9.17) is 44.1 Å². The highest BCUT2D eigenvalue weighted by Crippen LogP contribution is 2.27. The molecule has 6 rings (SSSR count). The van der Waals surface area contributed by atoms with Crippen molar-refractivity contribution in [1.82, 2.24) is 29.9 Å². The number of anilines is 6. The van der Waals surface area contributed by atoms with Gasteiger partial charge in [0.05, 0.1) is 12.8 Å². The second-order valence-electron chi connectivity index (χ2n) is 12.1. The number of nitrogen functional groups attached to an aromatic ring is 2. The maximum Gasteiger partial charge on any atom is 0.306 e. The maximum atomic E-state index is 12.4. The third kappa shape index (κ3) is 10.1. The first-order valence-electron chi connectivity index (χ1n) is 16.6. The molecule has 6 aromatic rings. The predicted octanol–water partition coefficient (Wildman–Crippen LogP) is 7.53. The van der Waals surface area contributed by atoms with Crippen molar-refractivity contribution < 1.29 is 19.1 Å². The van der Waals surface area contributed by atoms with Crippen molar-refractivity contribution in [1.29, 1.82) is 0 Å². The number of esters is 2. The molecule has 0 radical (unpaired) electrons. The van der Waals surface area contributed by atoms with Gasteiger partial charge in [0, 0.05) is 32.5 Å². The molecule has 274 valence electrons. The van der Waals surface area contributed by atoms with Gasteiger partial charge in [-0.25, -0.2) is 0 Å². The number of benzene rings is 4. The largest absolute Gasteiger partial charge is 0.461 e. The van der Waals surface area contributed by atoms with E-state index in [1.807, 2.05) is 26.0 Å². The quantitative estimate of drug-likeness (QED) is 0.0839. The summed E-state index contributed by atoms with van der Waals surface area (Å²) in [6.45, 7) is 3.92. The number of hydrogen-bond donors (Lipinski definition) is 4. The first-order valence-corrected chi connectivity index (χ1v) is 17.3. The van der Waals surface area contributed by atoms with E-state index in [1.165, 1.54) is 0 Å². The topological polar surface area (TPSA) is 206 Å². The van der Waals surface area contributed by atoms with Gasteiger partial charge in [-0.3, -0.25) is 9.59 Å². The summed E-state index contributed by atoms with van der Waals surface area (Å²) in [4.78, 5) is 50.5. The minimum atomic E-state index is -0.526. The van der Waals surface area contributed by atoms with Crippen molar-refractivity contribution in [2.75, 3.05) is 22.1 Å². The summed E-state index contributed by atoms with van der Waals surface area (Å²) in [6.07, 6.45) is -0.245. The van der Waals surface area contributed by atoms with Crippen molar-refractivity contribution in [3.8, 4) is 22.8 Å². The summed E-state index contributed by atoms with van der Waals surface area (Å²) in [7, 11) is 0. The van der Waals surface area contributed by atoms with Crippen LogP contribution in [0.4, 0.5) is 35.2 Å². The van der Waals surface area contributed by atoms with Gasteiger partial charge in [-0.2, -0.15) is 29.9 Å². The van der Waals surface area contributed by atoms with Gasteiger partial charge in [0.25, 0.3) is 0 Å². The molecule has 0 amide bonds. The monoisotopic (exact) mass is 764 g/mol. The van der Waals surface area contributed by atoms with Gasteiger partial charge in [0.1, 0.15) is 13.2 Å². The predicted molar refractivity (Wildman–Crippen MR) is 207 cm³/mol. The highest BCUT2D eigenvalue weighted by Gasteiger charge is 2.14. The average Bonchev–Trinajstić information content (AvgIpc) is 3.15. The molecule has 0 aliphatic carbocycles. The molecule has 0 aliphatic rings. The van der Waals surface area contributed by atoms with Gasteiger partial charge in [-0.15, -0.1) is 0 Å². The van der Waals surface area contributed by atoms with Gasteiger partial charge >= 0.3 is 11.9 Å². The second kappa shape index (κ2) is 17.0.